The van der Waals surface area contributed by atoms with E-state index in [-0.39, 0.29) is 0 Å². The standard InChI is InChI=1S/C30H27BO3/c1-29(2)30(3,4)34-31(33-29)25-14-9-15-26-27(25)24-13-8-12-23(28(24)32-26)22-18-16-21(17-19-22)20-10-6-5-7-11-20/h5-19H,1-4H3/i15D. The lowest BCUT2D eigenvalue weighted by Crippen LogP contribution is -2.41. The Labute approximate surface area is 201 Å². The molecule has 168 valence electrons. The molecule has 0 saturated carbocycles. The van der Waals surface area contributed by atoms with Crippen LogP contribution >= 0.6 is 0 Å². The second-order valence-electron chi connectivity index (χ2n) is 9.95. The van der Waals surface area contributed by atoms with Gasteiger partial charge in [-0.2, -0.15) is 0 Å². The summed E-state index contributed by atoms with van der Waals surface area (Å²) in [6.07, 6.45) is 0. The Hall–Kier alpha value is -3.34. The van der Waals surface area contributed by atoms with Gasteiger partial charge in [-0.1, -0.05) is 84.9 Å². The molecule has 0 unspecified atom stereocenters. The smallest absolute Gasteiger partial charge is 0.455 e. The van der Waals surface area contributed by atoms with Crippen molar-refractivity contribution in [1.82, 2.24) is 0 Å². The fourth-order valence-corrected chi connectivity index (χ4v) is 4.66. The maximum atomic E-state index is 8.54. The molecule has 1 aliphatic rings. The van der Waals surface area contributed by atoms with Crippen LogP contribution in [0.5, 0.6) is 0 Å². The van der Waals surface area contributed by atoms with Crippen molar-refractivity contribution in [3.8, 4) is 22.3 Å². The molecule has 0 atom stereocenters. The van der Waals surface area contributed by atoms with Crippen molar-refractivity contribution in [2.24, 2.45) is 0 Å². The van der Waals surface area contributed by atoms with Crippen molar-refractivity contribution in [3.05, 3.63) is 91.0 Å². The van der Waals surface area contributed by atoms with Gasteiger partial charge in [-0.25, -0.2) is 0 Å². The zero-order chi connectivity index (χ0) is 24.4. The lowest BCUT2D eigenvalue weighted by atomic mass is 9.76. The average Bonchev–Trinajstić information content (AvgIpc) is 3.34. The first-order chi connectivity index (χ1) is 16.7. The summed E-state index contributed by atoms with van der Waals surface area (Å²) in [6, 6.07) is 29.1. The largest absolute Gasteiger partial charge is 0.495 e. The van der Waals surface area contributed by atoms with Gasteiger partial charge in [0.1, 0.15) is 11.2 Å². The molecule has 1 aliphatic heterocycles. The van der Waals surface area contributed by atoms with Gasteiger partial charge >= 0.3 is 7.12 Å². The van der Waals surface area contributed by atoms with Crippen molar-refractivity contribution < 1.29 is 15.1 Å². The Balaban J connectivity index is 1.49. The van der Waals surface area contributed by atoms with E-state index in [1.807, 2.05) is 45.9 Å². The molecule has 0 amide bonds. The predicted molar refractivity (Wildman–Crippen MR) is 140 cm³/mol. The van der Waals surface area contributed by atoms with Crippen LogP contribution in [0.15, 0.2) is 95.4 Å². The summed E-state index contributed by atoms with van der Waals surface area (Å²) >= 11 is 0. The molecule has 1 saturated heterocycles. The van der Waals surface area contributed by atoms with E-state index in [1.54, 1.807) is 6.07 Å². The molecule has 3 nitrogen and oxygen atoms in total. The van der Waals surface area contributed by atoms with E-state index in [0.717, 1.165) is 32.9 Å². The Kier molecular flexibility index (Phi) is 4.48. The lowest BCUT2D eigenvalue weighted by Gasteiger charge is -2.32. The minimum Gasteiger partial charge on any atom is -0.455 e. The van der Waals surface area contributed by atoms with Gasteiger partial charge < -0.3 is 13.7 Å². The molecule has 4 aromatic carbocycles. The molecule has 0 spiro atoms. The summed E-state index contributed by atoms with van der Waals surface area (Å²) in [6.45, 7) is 8.20. The number of benzene rings is 4. The van der Waals surface area contributed by atoms with E-state index < -0.39 is 18.3 Å². The van der Waals surface area contributed by atoms with E-state index >= 15 is 0 Å². The van der Waals surface area contributed by atoms with E-state index in [2.05, 4.69) is 60.7 Å². The molecule has 1 aromatic heterocycles. The van der Waals surface area contributed by atoms with Crippen molar-refractivity contribution in [3.63, 3.8) is 0 Å². The minimum absolute atomic E-state index is 0.349. The number of rotatable bonds is 3. The van der Waals surface area contributed by atoms with Gasteiger partial charge in [0.2, 0.25) is 0 Å². The van der Waals surface area contributed by atoms with Crippen molar-refractivity contribution in [1.29, 1.82) is 0 Å². The molecule has 0 N–H and O–H groups in total. The maximum absolute atomic E-state index is 8.54. The SMILES string of the molecule is [2H]c1ccc(B2OC(C)(C)C(C)(C)O2)c2c1oc1c(-c3ccc(-c4ccccc4)cc3)cccc12. The van der Waals surface area contributed by atoms with Crippen LogP contribution in [0.4, 0.5) is 0 Å². The van der Waals surface area contributed by atoms with Crippen LogP contribution in [0.25, 0.3) is 44.2 Å². The van der Waals surface area contributed by atoms with Crippen LogP contribution < -0.4 is 5.46 Å². The summed E-state index contributed by atoms with van der Waals surface area (Å²) in [5, 5.41) is 1.84. The lowest BCUT2D eigenvalue weighted by molar-refractivity contribution is 0.00578. The first kappa shape index (κ1) is 20.1. The van der Waals surface area contributed by atoms with Crippen LogP contribution in [-0.2, 0) is 9.31 Å². The highest BCUT2D eigenvalue weighted by molar-refractivity contribution is 6.66. The highest BCUT2D eigenvalue weighted by Gasteiger charge is 2.52. The zero-order valence-corrected chi connectivity index (χ0v) is 19.9. The van der Waals surface area contributed by atoms with Gasteiger partial charge in [-0.15, -0.1) is 0 Å². The number of hydrogen-bond acceptors (Lipinski definition) is 3. The molecule has 0 radical (unpaired) electrons. The van der Waals surface area contributed by atoms with Gasteiger partial charge in [0.15, 0.2) is 0 Å². The summed E-state index contributed by atoms with van der Waals surface area (Å²) in [7, 11) is -0.530. The summed E-state index contributed by atoms with van der Waals surface area (Å²) in [5.41, 5.74) is 5.74. The molecular formula is C30H27BO3. The molecule has 34 heavy (non-hydrogen) atoms. The summed E-state index contributed by atoms with van der Waals surface area (Å²) in [4.78, 5) is 0. The topological polar surface area (TPSA) is 31.6 Å². The molecule has 0 bridgehead atoms. The van der Waals surface area contributed by atoms with Gasteiger partial charge in [-0.05, 0) is 55.9 Å². The Morgan fingerprint density at radius 1 is 0.676 bits per heavy atom. The van der Waals surface area contributed by atoms with Crippen LogP contribution in [-0.4, -0.2) is 18.3 Å². The molecule has 1 fully saturated rings. The van der Waals surface area contributed by atoms with E-state index in [0.29, 0.717) is 11.6 Å². The quantitative estimate of drug-likeness (QED) is 0.274. The van der Waals surface area contributed by atoms with Crippen molar-refractivity contribution in [2.45, 2.75) is 38.9 Å². The number of furan rings is 1. The second-order valence-corrected chi connectivity index (χ2v) is 9.95. The Morgan fingerprint density at radius 3 is 2.03 bits per heavy atom. The summed E-state index contributed by atoms with van der Waals surface area (Å²) in [5.74, 6) is 0. The monoisotopic (exact) mass is 447 g/mol. The number of para-hydroxylation sites is 1. The first-order valence-corrected chi connectivity index (χ1v) is 11.7. The van der Waals surface area contributed by atoms with Gasteiger partial charge in [-0.3, -0.25) is 0 Å². The zero-order valence-electron chi connectivity index (χ0n) is 20.9. The Bertz CT molecular complexity index is 1540. The van der Waals surface area contributed by atoms with Gasteiger partial charge in [0.25, 0.3) is 0 Å². The van der Waals surface area contributed by atoms with Crippen LogP contribution in [0, 0.1) is 0 Å². The molecule has 6 rings (SSSR count). The third kappa shape index (κ3) is 3.29. The highest BCUT2D eigenvalue weighted by atomic mass is 16.7. The molecule has 4 heteroatoms. The Morgan fingerprint density at radius 2 is 1.32 bits per heavy atom. The fourth-order valence-electron chi connectivity index (χ4n) is 4.66. The minimum atomic E-state index is -0.530. The maximum Gasteiger partial charge on any atom is 0.495 e. The highest BCUT2D eigenvalue weighted by Crippen LogP contribution is 2.39. The van der Waals surface area contributed by atoms with Crippen LogP contribution in [0.3, 0.4) is 0 Å². The van der Waals surface area contributed by atoms with Gasteiger partial charge in [0, 0.05) is 16.3 Å². The van der Waals surface area contributed by atoms with Crippen molar-refractivity contribution in [2.75, 3.05) is 0 Å². The van der Waals surface area contributed by atoms with Crippen LogP contribution in [0.2, 0.25) is 0 Å². The van der Waals surface area contributed by atoms with E-state index in [9.17, 15) is 0 Å². The molecule has 2 heterocycles. The molecular weight excluding hydrogens is 419 g/mol. The number of fused-ring (bicyclic) bond motifs is 3. The third-order valence-electron chi connectivity index (χ3n) is 7.29. The predicted octanol–water partition coefficient (Wildman–Crippen LogP) is 7.22. The van der Waals surface area contributed by atoms with Gasteiger partial charge in [0.05, 0.1) is 12.6 Å². The third-order valence-corrected chi connectivity index (χ3v) is 7.29. The molecule has 5 aromatic rings. The first-order valence-electron chi connectivity index (χ1n) is 12.2. The second kappa shape index (κ2) is 7.59. The normalized spacial score (nSPS) is 17.4. The number of hydrogen-bond donors (Lipinski definition) is 0. The average molecular weight is 447 g/mol. The summed E-state index contributed by atoms with van der Waals surface area (Å²) < 4.78 is 27.7. The van der Waals surface area contributed by atoms with Crippen LogP contribution in [0.1, 0.15) is 29.1 Å². The van der Waals surface area contributed by atoms with Crippen molar-refractivity contribution >= 4 is 34.5 Å². The van der Waals surface area contributed by atoms with E-state index in [1.165, 1.54) is 11.1 Å². The molecule has 0 aliphatic carbocycles. The fraction of sp³-hybridized carbons (Fsp3) is 0.200. The van der Waals surface area contributed by atoms with E-state index in [4.69, 9.17) is 15.1 Å².